The van der Waals surface area contributed by atoms with Gasteiger partial charge in [-0.05, 0) is 161 Å². The Balaban J connectivity index is 0.000000819. The average molecular weight is 936 g/mol. The summed E-state index contributed by atoms with van der Waals surface area (Å²) in [5.41, 5.74) is 4.87. The zero-order valence-electron chi connectivity index (χ0n) is 40.4. The van der Waals surface area contributed by atoms with Crippen molar-refractivity contribution in [1.29, 1.82) is 0 Å². The van der Waals surface area contributed by atoms with Crippen molar-refractivity contribution in [2.75, 3.05) is 31.4 Å². The first-order valence-electron chi connectivity index (χ1n) is 22.6. The monoisotopic (exact) mass is 935 g/mol. The molecule has 13 nitrogen and oxygen atoms in total. The minimum Gasteiger partial charge on any atom is -0.444 e. The van der Waals surface area contributed by atoms with E-state index in [1.807, 2.05) is 55.4 Å². The van der Waals surface area contributed by atoms with E-state index in [1.165, 1.54) is 25.7 Å². The van der Waals surface area contributed by atoms with Crippen LogP contribution in [0.5, 0.6) is 0 Å². The number of alkyl halides is 2. The number of ketones is 2. The number of piperazine rings is 1. The highest BCUT2D eigenvalue weighted by atomic mass is 35.5. The zero-order valence-corrected chi connectivity index (χ0v) is 41.9. The smallest absolute Gasteiger partial charge is 0.411 e. The van der Waals surface area contributed by atoms with Gasteiger partial charge in [0, 0.05) is 72.3 Å². The van der Waals surface area contributed by atoms with Crippen molar-refractivity contribution >= 4 is 52.9 Å². The lowest BCUT2D eigenvalue weighted by Crippen LogP contribution is -2.56. The lowest BCUT2D eigenvalue weighted by molar-refractivity contribution is -0.126. The Labute approximate surface area is 393 Å². The molecule has 0 bridgehead atoms. The molecule has 15 heteroatoms. The van der Waals surface area contributed by atoms with E-state index in [1.54, 1.807) is 9.80 Å². The maximum atomic E-state index is 12.4. The molecule has 5 heterocycles. The summed E-state index contributed by atoms with van der Waals surface area (Å²) in [4.78, 5) is 63.9. The largest absolute Gasteiger partial charge is 0.444 e. The Hall–Kier alpha value is -2.19. The molecule has 4 N–H and O–H groups in total. The van der Waals surface area contributed by atoms with E-state index < -0.39 is 11.2 Å². The number of hydrogen-bond acceptors (Lipinski definition) is 10. The quantitative estimate of drug-likeness (QED) is 0.190. The Bertz CT molecular complexity index is 1480. The topological polar surface area (TPSA) is 164 Å². The van der Waals surface area contributed by atoms with Crippen LogP contribution in [0.2, 0.25) is 0 Å². The molecular formula is C48H92Cl2N6O7. The summed E-state index contributed by atoms with van der Waals surface area (Å²) in [6.45, 7) is 30.2. The van der Waals surface area contributed by atoms with Crippen molar-refractivity contribution in [1.82, 2.24) is 25.3 Å². The Kier molecular flexibility index (Phi) is 24.2. The lowest BCUT2D eigenvalue weighted by Gasteiger charge is -2.38. The van der Waals surface area contributed by atoms with Gasteiger partial charge in [-0.2, -0.15) is 0 Å². The van der Waals surface area contributed by atoms with Crippen molar-refractivity contribution in [2.45, 2.75) is 246 Å². The molecule has 0 aromatic carbocycles. The number of likely N-dealkylation sites (tertiary alicyclic amines) is 2. The number of nitrogens with one attached hydrogen (secondary N) is 2. The number of rotatable bonds is 9. The first kappa shape index (κ1) is 60.8. The van der Waals surface area contributed by atoms with Crippen LogP contribution in [0.3, 0.4) is 0 Å². The predicted octanol–water partition coefficient (Wildman–Crippen LogP) is 9.61. The highest BCUT2D eigenvalue weighted by Crippen LogP contribution is 2.38. The summed E-state index contributed by atoms with van der Waals surface area (Å²) in [5.74, 6) is 0.577. The SMILES string of the molecule is C.C.CC(C)(C)OC(=O)N1C(CCC(=O)CCl)CCC1(C)C.CC(C)(C)OC(=O)N1C(CN)CCC1(C)C.CC1(C)CCC(CCC(=O)CCl)N1.CC1(C)CCC2CNC(=O)CN21. The van der Waals surface area contributed by atoms with Crippen LogP contribution in [0.4, 0.5) is 9.59 Å². The first-order valence-corrected chi connectivity index (χ1v) is 23.6. The molecule has 0 radical (unpaired) electrons. The van der Waals surface area contributed by atoms with Gasteiger partial charge in [0.1, 0.15) is 22.8 Å². The molecule has 5 saturated heterocycles. The number of nitrogens with zero attached hydrogens (tertiary/aromatic N) is 3. The molecule has 0 aromatic heterocycles. The van der Waals surface area contributed by atoms with Crippen LogP contribution >= 0.6 is 23.2 Å². The van der Waals surface area contributed by atoms with E-state index in [0.717, 1.165) is 38.6 Å². The third-order valence-electron chi connectivity index (χ3n) is 12.4. The molecule has 5 aliphatic rings. The number of nitrogens with two attached hydrogens (primary N) is 1. The molecule has 63 heavy (non-hydrogen) atoms. The van der Waals surface area contributed by atoms with Crippen molar-refractivity contribution in [3.63, 3.8) is 0 Å². The molecular weight excluding hydrogens is 843 g/mol. The molecule has 370 valence electrons. The van der Waals surface area contributed by atoms with E-state index >= 15 is 0 Å². The lowest BCUT2D eigenvalue weighted by atomic mass is 10.0. The van der Waals surface area contributed by atoms with Gasteiger partial charge in [0.25, 0.3) is 0 Å². The second-order valence-corrected chi connectivity index (χ2v) is 22.6. The minimum atomic E-state index is -0.508. The van der Waals surface area contributed by atoms with Gasteiger partial charge in [-0.1, -0.05) is 14.9 Å². The van der Waals surface area contributed by atoms with Crippen molar-refractivity contribution in [3.8, 4) is 0 Å². The number of hydrogen-bond donors (Lipinski definition) is 3. The Morgan fingerprint density at radius 3 is 1.56 bits per heavy atom. The van der Waals surface area contributed by atoms with Gasteiger partial charge < -0.3 is 30.7 Å². The van der Waals surface area contributed by atoms with Crippen LogP contribution in [0.1, 0.15) is 189 Å². The number of carbonyl (C=O) groups excluding carboxylic acids is 5. The van der Waals surface area contributed by atoms with Crippen LogP contribution < -0.4 is 16.4 Å². The molecule has 5 rings (SSSR count). The first-order chi connectivity index (χ1) is 27.9. The van der Waals surface area contributed by atoms with Crippen LogP contribution in [-0.4, -0.2) is 133 Å². The zero-order chi connectivity index (χ0) is 46.8. The van der Waals surface area contributed by atoms with Crippen molar-refractivity contribution < 1.29 is 33.4 Å². The van der Waals surface area contributed by atoms with Gasteiger partial charge >= 0.3 is 12.2 Å². The van der Waals surface area contributed by atoms with Crippen molar-refractivity contribution in [2.24, 2.45) is 5.73 Å². The molecule has 0 aromatic rings. The number of fused-ring (bicyclic) bond motifs is 1. The van der Waals surface area contributed by atoms with E-state index in [-0.39, 0.29) is 90.5 Å². The van der Waals surface area contributed by atoms with E-state index in [9.17, 15) is 24.0 Å². The Morgan fingerprint density at radius 1 is 0.683 bits per heavy atom. The highest BCUT2D eigenvalue weighted by molar-refractivity contribution is 6.27. The molecule has 5 aliphatic heterocycles. The minimum absolute atomic E-state index is 0. The summed E-state index contributed by atoms with van der Waals surface area (Å²) in [5, 5.41) is 6.42. The molecule has 3 amide bonds. The van der Waals surface area contributed by atoms with E-state index in [4.69, 9.17) is 38.4 Å². The number of carbonyl (C=O) groups is 5. The maximum Gasteiger partial charge on any atom is 0.411 e. The summed E-state index contributed by atoms with van der Waals surface area (Å²) in [6, 6.07) is 1.29. The van der Waals surface area contributed by atoms with E-state index in [0.29, 0.717) is 44.4 Å². The summed E-state index contributed by atoms with van der Waals surface area (Å²) < 4.78 is 10.9. The standard InChI is InChI=1S/C15H26ClNO3.C12H24N2O2.C10H18ClNO.C9H16N2O.2CH4/c1-14(2,3)20-13(19)17-11(6-7-12(18)10-16)8-9-15(17,4)5;1-11(2,3)16-10(15)14-9(8-13)6-7-12(14,4)5;1-10(2)6-5-8(12-10)3-4-9(13)7-11;1-9(2)4-3-7-5-10-8(12)6-11(7)9;;/h11H,6-10H2,1-5H3;9H,6-8,13H2,1-5H3;8,12H,3-7H2,1-2H3;7H,3-6H2,1-2H3,(H,10,12);2*1H4. The molecule has 4 atom stereocenters. The predicted molar refractivity (Wildman–Crippen MR) is 260 cm³/mol. The fraction of sp³-hybridized carbons (Fsp3) is 0.896. The highest BCUT2D eigenvalue weighted by Gasteiger charge is 2.46. The maximum absolute atomic E-state index is 12.4. The molecule has 0 spiro atoms. The molecule has 0 aliphatic carbocycles. The van der Waals surface area contributed by atoms with Crippen molar-refractivity contribution in [3.05, 3.63) is 0 Å². The van der Waals surface area contributed by atoms with Gasteiger partial charge in [-0.15, -0.1) is 23.2 Å². The number of ether oxygens (including phenoxy) is 2. The summed E-state index contributed by atoms with van der Waals surface area (Å²) in [6.07, 6.45) is 10.7. The van der Waals surface area contributed by atoms with Crippen LogP contribution in [-0.2, 0) is 23.9 Å². The Morgan fingerprint density at radius 2 is 1.13 bits per heavy atom. The van der Waals surface area contributed by atoms with Gasteiger partial charge in [0.15, 0.2) is 0 Å². The molecule has 5 fully saturated rings. The summed E-state index contributed by atoms with van der Waals surface area (Å²) in [7, 11) is 0. The second-order valence-electron chi connectivity index (χ2n) is 22.1. The molecule has 0 saturated carbocycles. The van der Waals surface area contributed by atoms with Gasteiger partial charge in [-0.3, -0.25) is 24.2 Å². The van der Waals surface area contributed by atoms with Gasteiger partial charge in [-0.25, -0.2) is 9.59 Å². The normalized spacial score (nSPS) is 25.2. The van der Waals surface area contributed by atoms with Crippen LogP contribution in [0, 0.1) is 0 Å². The average Bonchev–Trinajstić information content (AvgIpc) is 3.84. The third kappa shape index (κ3) is 20.1. The van der Waals surface area contributed by atoms with Crippen LogP contribution in [0.25, 0.3) is 0 Å². The fourth-order valence-corrected chi connectivity index (χ4v) is 9.26. The second kappa shape index (κ2) is 25.1. The van der Waals surface area contributed by atoms with Gasteiger partial charge in [0.2, 0.25) is 5.91 Å². The van der Waals surface area contributed by atoms with Gasteiger partial charge in [0.05, 0.1) is 18.3 Å². The fourth-order valence-electron chi connectivity index (χ4n) is 8.99. The third-order valence-corrected chi connectivity index (χ3v) is 13.0. The molecule has 4 unspecified atom stereocenters. The summed E-state index contributed by atoms with van der Waals surface area (Å²) >= 11 is 10.9. The van der Waals surface area contributed by atoms with E-state index in [2.05, 4.69) is 57.1 Å². The number of amides is 3. The van der Waals surface area contributed by atoms with Crippen LogP contribution in [0.15, 0.2) is 0 Å². The number of Topliss-reactive ketones (excluding diaryl/α,β-unsaturated/α-hetero) is 2. The number of halogens is 2.